The summed E-state index contributed by atoms with van der Waals surface area (Å²) in [6, 6.07) is 6.34. The first-order valence-electron chi connectivity index (χ1n) is 11.1. The van der Waals surface area contributed by atoms with E-state index >= 15 is 0 Å². The third kappa shape index (κ3) is 5.24. The van der Waals surface area contributed by atoms with Crippen molar-refractivity contribution in [2.24, 2.45) is 4.99 Å². The van der Waals surface area contributed by atoms with E-state index in [2.05, 4.69) is 20.2 Å². The van der Waals surface area contributed by atoms with Crippen molar-refractivity contribution < 1.29 is 9.53 Å². The summed E-state index contributed by atoms with van der Waals surface area (Å²) in [7, 11) is 0. The Bertz CT molecular complexity index is 671. The molecular formula is C22H32N4O2S. The summed E-state index contributed by atoms with van der Waals surface area (Å²) in [6.07, 6.45) is 13.7. The number of pyridine rings is 1. The van der Waals surface area contributed by atoms with E-state index in [1.165, 1.54) is 38.5 Å². The van der Waals surface area contributed by atoms with Crippen LogP contribution in [0.1, 0.15) is 64.2 Å². The number of hydrogen-bond donors (Lipinski definition) is 1. The van der Waals surface area contributed by atoms with Gasteiger partial charge in [0.25, 0.3) is 0 Å². The van der Waals surface area contributed by atoms with Gasteiger partial charge >= 0.3 is 6.03 Å². The molecule has 4 rings (SSSR count). The van der Waals surface area contributed by atoms with Gasteiger partial charge in [0.15, 0.2) is 5.66 Å². The number of aromatic nitrogens is 1. The van der Waals surface area contributed by atoms with Crippen LogP contribution in [-0.4, -0.2) is 51.6 Å². The summed E-state index contributed by atoms with van der Waals surface area (Å²) in [4.78, 5) is 24.6. The van der Waals surface area contributed by atoms with Crippen LogP contribution in [0.3, 0.4) is 0 Å². The number of amides is 2. The molecule has 1 atom stereocenters. The van der Waals surface area contributed by atoms with E-state index in [9.17, 15) is 4.79 Å². The highest BCUT2D eigenvalue weighted by Crippen LogP contribution is 2.31. The van der Waals surface area contributed by atoms with Gasteiger partial charge in [0.1, 0.15) is 6.61 Å². The Morgan fingerprint density at radius 3 is 2.34 bits per heavy atom. The highest BCUT2D eigenvalue weighted by molar-refractivity contribution is 8.12. The van der Waals surface area contributed by atoms with Crippen LogP contribution >= 0.6 is 11.8 Å². The number of nitrogens with one attached hydrogen (secondary N) is 1. The number of rotatable bonds is 6. The summed E-state index contributed by atoms with van der Waals surface area (Å²) < 4.78 is 5.89. The number of thioether (sulfide) groups is 1. The van der Waals surface area contributed by atoms with Crippen LogP contribution in [-0.2, 0) is 0 Å². The van der Waals surface area contributed by atoms with Crippen molar-refractivity contribution in [2.75, 3.05) is 12.4 Å². The monoisotopic (exact) mass is 416 g/mol. The maximum Gasteiger partial charge on any atom is 0.319 e. The minimum absolute atomic E-state index is 0.0353. The Balaban J connectivity index is 1.47. The molecule has 0 radical (unpaired) electrons. The molecule has 0 bridgehead atoms. The smallest absolute Gasteiger partial charge is 0.319 e. The van der Waals surface area contributed by atoms with E-state index < -0.39 is 5.66 Å². The number of ether oxygens (including phenoxy) is 1. The van der Waals surface area contributed by atoms with Crippen LogP contribution in [0, 0.1) is 0 Å². The van der Waals surface area contributed by atoms with E-state index in [4.69, 9.17) is 4.74 Å². The topological polar surface area (TPSA) is 66.8 Å². The van der Waals surface area contributed by atoms with Gasteiger partial charge in [-0.2, -0.15) is 0 Å². The van der Waals surface area contributed by atoms with Crippen molar-refractivity contribution in [1.29, 1.82) is 0 Å². The summed E-state index contributed by atoms with van der Waals surface area (Å²) in [5, 5.41) is 3.27. The molecule has 6 nitrogen and oxygen atoms in total. The molecule has 2 saturated carbocycles. The number of nitrogens with zero attached hydrogens (tertiary/aromatic N) is 3. The van der Waals surface area contributed by atoms with Gasteiger partial charge in [-0.1, -0.05) is 44.6 Å². The molecule has 2 aliphatic carbocycles. The molecule has 2 amide bonds. The molecule has 2 heterocycles. The summed E-state index contributed by atoms with van der Waals surface area (Å²) in [6.45, 7) is 0.294. The fourth-order valence-electron chi connectivity index (χ4n) is 4.77. The molecule has 1 unspecified atom stereocenters. The predicted octanol–water partition coefficient (Wildman–Crippen LogP) is 4.61. The lowest BCUT2D eigenvalue weighted by atomic mass is 9.89. The van der Waals surface area contributed by atoms with Crippen molar-refractivity contribution in [1.82, 2.24) is 15.2 Å². The van der Waals surface area contributed by atoms with Gasteiger partial charge in [-0.05, 0) is 31.7 Å². The van der Waals surface area contributed by atoms with Crippen LogP contribution in [0.4, 0.5) is 4.79 Å². The molecule has 158 valence electrons. The van der Waals surface area contributed by atoms with E-state index in [0.29, 0.717) is 30.3 Å². The van der Waals surface area contributed by atoms with Crippen molar-refractivity contribution in [3.63, 3.8) is 0 Å². The van der Waals surface area contributed by atoms with Crippen LogP contribution in [0.5, 0.6) is 5.88 Å². The Kier molecular flexibility index (Phi) is 6.95. The Hall–Kier alpha value is -1.76. The first kappa shape index (κ1) is 20.5. The van der Waals surface area contributed by atoms with Gasteiger partial charge in [-0.25, -0.2) is 9.78 Å². The maximum atomic E-state index is 13.6. The van der Waals surface area contributed by atoms with Gasteiger partial charge in [0, 0.05) is 30.1 Å². The summed E-state index contributed by atoms with van der Waals surface area (Å²) in [5.74, 6) is 1.25. The van der Waals surface area contributed by atoms with E-state index in [1.54, 1.807) is 18.0 Å². The molecule has 3 aliphatic rings. The van der Waals surface area contributed by atoms with Crippen LogP contribution in [0.2, 0.25) is 0 Å². The van der Waals surface area contributed by atoms with Crippen LogP contribution in [0.15, 0.2) is 29.4 Å². The highest BCUT2D eigenvalue weighted by atomic mass is 32.2. The van der Waals surface area contributed by atoms with Gasteiger partial charge in [0.2, 0.25) is 5.88 Å². The van der Waals surface area contributed by atoms with Crippen LogP contribution < -0.4 is 10.1 Å². The molecule has 2 fully saturated rings. The first-order valence-corrected chi connectivity index (χ1v) is 12.1. The van der Waals surface area contributed by atoms with Crippen LogP contribution in [0.25, 0.3) is 0 Å². The zero-order valence-corrected chi connectivity index (χ0v) is 17.9. The van der Waals surface area contributed by atoms with E-state index in [1.807, 2.05) is 23.7 Å². The Morgan fingerprint density at radius 2 is 1.79 bits per heavy atom. The van der Waals surface area contributed by atoms with Crippen molar-refractivity contribution in [3.05, 3.63) is 24.4 Å². The second-order valence-corrected chi connectivity index (χ2v) is 9.29. The molecule has 0 aromatic carbocycles. The minimum Gasteiger partial charge on any atom is -0.473 e. The largest absolute Gasteiger partial charge is 0.473 e. The van der Waals surface area contributed by atoms with E-state index in [0.717, 1.165) is 25.7 Å². The van der Waals surface area contributed by atoms with E-state index in [-0.39, 0.29) is 6.03 Å². The molecule has 29 heavy (non-hydrogen) atoms. The normalized spacial score (nSPS) is 25.7. The lowest BCUT2D eigenvalue weighted by molar-refractivity contribution is 0.0941. The Labute approximate surface area is 177 Å². The number of carbonyl (C=O) groups is 1. The highest BCUT2D eigenvalue weighted by Gasteiger charge is 2.40. The third-order valence-electron chi connectivity index (χ3n) is 6.30. The molecule has 7 heteroatoms. The number of hydrogen-bond acceptors (Lipinski definition) is 5. The molecule has 0 spiro atoms. The Morgan fingerprint density at radius 1 is 1.10 bits per heavy atom. The second-order valence-electron chi connectivity index (χ2n) is 8.45. The standard InChI is InChI=1S/C22H32N4O2S/c27-21(26(18-9-3-1-4-10-18)19-11-5-2-6-12-19)25-22(16-29-17-24-22)15-28-20-13-7-8-14-23-20/h7-8,13-14,17-19H,1-6,9-12,15-16H2,(H,25,27). The quantitative estimate of drug-likeness (QED) is 0.735. The lowest BCUT2D eigenvalue weighted by Crippen LogP contribution is -2.60. The fourth-order valence-corrected chi connectivity index (χ4v) is 5.63. The number of aliphatic imine (C=N–C) groups is 1. The van der Waals surface area contributed by atoms with Gasteiger partial charge in [-0.15, -0.1) is 11.8 Å². The van der Waals surface area contributed by atoms with Crippen molar-refractivity contribution in [2.45, 2.75) is 82.0 Å². The fraction of sp³-hybridized carbons (Fsp3) is 0.682. The number of carbonyl (C=O) groups excluding carboxylic acids is 1. The van der Waals surface area contributed by atoms with Gasteiger partial charge in [-0.3, -0.25) is 4.99 Å². The maximum absolute atomic E-state index is 13.6. The summed E-state index contributed by atoms with van der Waals surface area (Å²) >= 11 is 1.62. The number of urea groups is 1. The van der Waals surface area contributed by atoms with Gasteiger partial charge < -0.3 is 15.0 Å². The molecular weight excluding hydrogens is 384 g/mol. The second kappa shape index (κ2) is 9.83. The summed E-state index contributed by atoms with van der Waals surface area (Å²) in [5.41, 5.74) is 1.11. The SMILES string of the molecule is O=C(NC1(COc2ccccn2)CSC=N1)N(C1CCCCC1)C1CCCCC1. The molecule has 1 aliphatic heterocycles. The molecule has 1 aromatic rings. The minimum atomic E-state index is -0.721. The molecule has 1 aromatic heterocycles. The third-order valence-corrected chi connectivity index (χ3v) is 7.20. The average molecular weight is 417 g/mol. The molecule has 0 saturated heterocycles. The lowest BCUT2D eigenvalue weighted by Gasteiger charge is -2.43. The van der Waals surface area contributed by atoms with Gasteiger partial charge in [0.05, 0.1) is 5.55 Å². The predicted molar refractivity (Wildman–Crippen MR) is 118 cm³/mol. The molecule has 1 N–H and O–H groups in total. The average Bonchev–Trinajstić information content (AvgIpc) is 3.23. The zero-order chi connectivity index (χ0) is 19.9. The zero-order valence-electron chi connectivity index (χ0n) is 17.1. The first-order chi connectivity index (χ1) is 14.3. The van der Waals surface area contributed by atoms with Crippen molar-refractivity contribution in [3.8, 4) is 5.88 Å². The van der Waals surface area contributed by atoms with Crippen molar-refractivity contribution >= 4 is 23.3 Å².